The van der Waals surface area contributed by atoms with Crippen LogP contribution in [0.3, 0.4) is 0 Å². The normalized spacial score (nSPS) is 10.5. The summed E-state index contributed by atoms with van der Waals surface area (Å²) in [5, 5.41) is 6.25. The first-order chi connectivity index (χ1) is 19.4. The van der Waals surface area contributed by atoms with Gasteiger partial charge in [0, 0.05) is 17.2 Å². The molecule has 0 aliphatic heterocycles. The van der Waals surface area contributed by atoms with E-state index in [0.717, 1.165) is 12.1 Å². The van der Waals surface area contributed by atoms with E-state index in [1.54, 1.807) is 60.7 Å². The summed E-state index contributed by atoms with van der Waals surface area (Å²) in [6.45, 7) is -0.391. The van der Waals surface area contributed by atoms with Gasteiger partial charge in [-0.2, -0.15) is 5.10 Å². The van der Waals surface area contributed by atoms with Crippen molar-refractivity contribution in [3.05, 3.63) is 131 Å². The number of carbonyl (C=O) groups is 4. The predicted molar refractivity (Wildman–Crippen MR) is 144 cm³/mol. The van der Waals surface area contributed by atoms with Gasteiger partial charge in [-0.15, -0.1) is 0 Å². The van der Waals surface area contributed by atoms with Crippen LogP contribution < -0.4 is 20.2 Å². The molecular formula is C30H22FN3O6. The van der Waals surface area contributed by atoms with Crippen LogP contribution >= 0.6 is 0 Å². The lowest BCUT2D eigenvalue weighted by Gasteiger charge is -2.10. The van der Waals surface area contributed by atoms with Crippen molar-refractivity contribution in [1.82, 2.24) is 10.7 Å². The zero-order chi connectivity index (χ0) is 28.3. The van der Waals surface area contributed by atoms with Crippen molar-refractivity contribution >= 4 is 30.0 Å². The molecule has 0 bridgehead atoms. The third-order valence-corrected chi connectivity index (χ3v) is 5.33. The minimum Gasteiger partial charge on any atom is -0.423 e. The molecule has 0 spiro atoms. The third kappa shape index (κ3) is 7.68. The Morgan fingerprint density at radius 3 is 1.95 bits per heavy atom. The molecule has 9 nitrogen and oxygen atoms in total. The maximum Gasteiger partial charge on any atom is 0.343 e. The summed E-state index contributed by atoms with van der Waals surface area (Å²) in [6, 6.07) is 25.8. The Labute approximate surface area is 228 Å². The van der Waals surface area contributed by atoms with E-state index in [1.165, 1.54) is 36.5 Å². The van der Waals surface area contributed by atoms with Gasteiger partial charge in [-0.3, -0.25) is 9.59 Å². The van der Waals surface area contributed by atoms with Crippen molar-refractivity contribution in [2.45, 2.75) is 0 Å². The topological polar surface area (TPSA) is 123 Å². The fourth-order valence-corrected chi connectivity index (χ4v) is 3.32. The molecule has 0 heterocycles. The van der Waals surface area contributed by atoms with Crippen molar-refractivity contribution in [2.75, 3.05) is 6.54 Å². The van der Waals surface area contributed by atoms with Crippen molar-refractivity contribution in [2.24, 2.45) is 5.10 Å². The average molecular weight is 540 g/mol. The van der Waals surface area contributed by atoms with Gasteiger partial charge in [0.05, 0.1) is 23.9 Å². The summed E-state index contributed by atoms with van der Waals surface area (Å²) in [7, 11) is 0. The molecular weight excluding hydrogens is 517 g/mol. The highest BCUT2D eigenvalue weighted by molar-refractivity contribution is 5.97. The van der Waals surface area contributed by atoms with E-state index in [1.807, 2.05) is 0 Å². The highest BCUT2D eigenvalue weighted by atomic mass is 19.1. The van der Waals surface area contributed by atoms with E-state index < -0.39 is 36.1 Å². The quantitative estimate of drug-likeness (QED) is 0.143. The number of hydrogen-bond acceptors (Lipinski definition) is 7. The molecule has 4 aromatic carbocycles. The summed E-state index contributed by atoms with van der Waals surface area (Å²) in [4.78, 5) is 49.4. The van der Waals surface area contributed by atoms with Crippen LogP contribution in [0.1, 0.15) is 36.6 Å². The molecule has 2 N–H and O–H groups in total. The standard InChI is InChI=1S/C30H22FN3O6/c31-24-14-11-20(12-15-24)28(36)32-19-27(35)34-33-18-23-13-16-25(39-29(37)21-7-3-1-4-8-21)17-26(23)40-30(38)22-9-5-2-6-10-22/h1-18H,19H2,(H,32,36)(H,34,35)/b33-18-. The molecule has 0 radical (unpaired) electrons. The highest BCUT2D eigenvalue weighted by Crippen LogP contribution is 2.25. The summed E-state index contributed by atoms with van der Waals surface area (Å²) in [5.41, 5.74) is 3.37. The zero-order valence-corrected chi connectivity index (χ0v) is 20.9. The summed E-state index contributed by atoms with van der Waals surface area (Å²) in [5.74, 6) is -2.80. The minimum absolute atomic E-state index is 0.0230. The van der Waals surface area contributed by atoms with Crippen molar-refractivity contribution < 1.29 is 33.0 Å². The van der Waals surface area contributed by atoms with Gasteiger partial charge in [-0.25, -0.2) is 19.4 Å². The Bertz CT molecular complexity index is 1540. The molecule has 0 aliphatic rings. The lowest BCUT2D eigenvalue weighted by Crippen LogP contribution is -2.34. The maximum atomic E-state index is 13.0. The number of benzene rings is 4. The van der Waals surface area contributed by atoms with Gasteiger partial charge in [0.25, 0.3) is 11.8 Å². The van der Waals surface area contributed by atoms with E-state index in [0.29, 0.717) is 16.7 Å². The average Bonchev–Trinajstić information content (AvgIpc) is 2.98. The van der Waals surface area contributed by atoms with E-state index in [4.69, 9.17) is 9.47 Å². The smallest absolute Gasteiger partial charge is 0.343 e. The number of carbonyl (C=O) groups excluding carboxylic acids is 4. The van der Waals surface area contributed by atoms with Gasteiger partial charge in [0.15, 0.2) is 0 Å². The van der Waals surface area contributed by atoms with E-state index >= 15 is 0 Å². The summed E-state index contributed by atoms with van der Waals surface area (Å²) >= 11 is 0. The first-order valence-electron chi connectivity index (χ1n) is 11.9. The van der Waals surface area contributed by atoms with E-state index in [9.17, 15) is 23.6 Å². The number of nitrogens with zero attached hydrogens (tertiary/aromatic N) is 1. The number of rotatable bonds is 9. The number of esters is 2. The molecule has 0 saturated heterocycles. The van der Waals surface area contributed by atoms with Crippen LogP contribution in [0.4, 0.5) is 4.39 Å². The molecule has 0 atom stereocenters. The van der Waals surface area contributed by atoms with E-state index in [-0.39, 0.29) is 17.1 Å². The zero-order valence-electron chi connectivity index (χ0n) is 20.9. The second kappa shape index (κ2) is 13.2. The second-order valence-electron chi connectivity index (χ2n) is 8.19. The Morgan fingerprint density at radius 1 is 0.725 bits per heavy atom. The fraction of sp³-hybridized carbons (Fsp3) is 0.0333. The van der Waals surface area contributed by atoms with Crippen molar-refractivity contribution in [1.29, 1.82) is 0 Å². The molecule has 4 aromatic rings. The van der Waals surface area contributed by atoms with Crippen LogP contribution in [0, 0.1) is 5.82 Å². The molecule has 0 unspecified atom stereocenters. The van der Waals surface area contributed by atoms with E-state index in [2.05, 4.69) is 15.8 Å². The molecule has 2 amide bonds. The highest BCUT2D eigenvalue weighted by Gasteiger charge is 2.15. The van der Waals surface area contributed by atoms with Crippen LogP contribution in [-0.4, -0.2) is 36.5 Å². The molecule has 40 heavy (non-hydrogen) atoms. The monoisotopic (exact) mass is 539 g/mol. The molecule has 0 aliphatic carbocycles. The SMILES string of the molecule is O=C(CNC(=O)c1ccc(F)cc1)N/N=C\c1ccc(OC(=O)c2ccccc2)cc1OC(=O)c1ccccc1. The molecule has 200 valence electrons. The van der Waals surface area contributed by atoms with Crippen LogP contribution in [0.15, 0.2) is 108 Å². The second-order valence-corrected chi connectivity index (χ2v) is 8.19. The third-order valence-electron chi connectivity index (χ3n) is 5.33. The number of nitrogens with one attached hydrogen (secondary N) is 2. The molecule has 0 fully saturated rings. The summed E-state index contributed by atoms with van der Waals surface area (Å²) < 4.78 is 24.0. The van der Waals surface area contributed by atoms with Gasteiger partial charge in [-0.1, -0.05) is 36.4 Å². The predicted octanol–water partition coefficient (Wildman–Crippen LogP) is 4.14. The van der Waals surface area contributed by atoms with Gasteiger partial charge < -0.3 is 14.8 Å². The number of halogens is 1. The number of hydrogen-bond donors (Lipinski definition) is 2. The Morgan fingerprint density at radius 2 is 1.32 bits per heavy atom. The van der Waals surface area contributed by atoms with Crippen molar-refractivity contribution in [3.63, 3.8) is 0 Å². The fourth-order valence-electron chi connectivity index (χ4n) is 3.32. The lowest BCUT2D eigenvalue weighted by atomic mass is 10.2. The Balaban J connectivity index is 1.44. The number of hydrazone groups is 1. The molecule has 0 aromatic heterocycles. The van der Waals surface area contributed by atoms with Gasteiger partial charge in [-0.05, 0) is 60.7 Å². The number of ether oxygens (including phenoxy) is 2. The number of amides is 2. The van der Waals surface area contributed by atoms with Gasteiger partial charge in [0.1, 0.15) is 17.3 Å². The first kappa shape index (κ1) is 27.4. The van der Waals surface area contributed by atoms with Crippen LogP contribution in [0.2, 0.25) is 0 Å². The van der Waals surface area contributed by atoms with Gasteiger partial charge in [0.2, 0.25) is 0 Å². The first-order valence-corrected chi connectivity index (χ1v) is 11.9. The summed E-state index contributed by atoms with van der Waals surface area (Å²) in [6.07, 6.45) is 1.23. The minimum atomic E-state index is -0.658. The molecule has 0 saturated carbocycles. The molecule has 10 heteroatoms. The molecule has 4 rings (SSSR count). The van der Waals surface area contributed by atoms with Crippen LogP contribution in [-0.2, 0) is 4.79 Å². The largest absolute Gasteiger partial charge is 0.423 e. The lowest BCUT2D eigenvalue weighted by molar-refractivity contribution is -0.120. The van der Waals surface area contributed by atoms with Crippen LogP contribution in [0.5, 0.6) is 11.5 Å². The van der Waals surface area contributed by atoms with Gasteiger partial charge >= 0.3 is 11.9 Å². The maximum absolute atomic E-state index is 13.0. The Kier molecular flexibility index (Phi) is 9.07. The van der Waals surface area contributed by atoms with Crippen LogP contribution in [0.25, 0.3) is 0 Å². The van der Waals surface area contributed by atoms with Crippen molar-refractivity contribution in [3.8, 4) is 11.5 Å². The Hall–Kier alpha value is -5.64.